The van der Waals surface area contributed by atoms with Crippen LogP contribution in [0, 0.1) is 0 Å². The molecule has 7 nitrogen and oxygen atoms in total. The summed E-state index contributed by atoms with van der Waals surface area (Å²) in [6.07, 6.45) is -4.57. The summed E-state index contributed by atoms with van der Waals surface area (Å²) in [4.78, 5) is 14.9. The zero-order chi connectivity index (χ0) is 15.3. The molecule has 3 N–H and O–H groups in total. The number of aromatic nitrogens is 1. The molecule has 1 heterocycles. The molecule has 0 aromatic carbocycles. The maximum absolute atomic E-state index is 12.1. The molecule has 0 amide bonds. The van der Waals surface area contributed by atoms with Gasteiger partial charge in [-0.1, -0.05) is 5.16 Å². The van der Waals surface area contributed by atoms with Crippen molar-refractivity contribution in [2.75, 3.05) is 13.7 Å². The van der Waals surface area contributed by atoms with Crippen molar-refractivity contribution < 1.29 is 32.6 Å². The molecule has 0 radical (unpaired) electrons. The van der Waals surface area contributed by atoms with Gasteiger partial charge in [-0.3, -0.25) is 0 Å². The number of methoxy groups -OCH3 is 1. The van der Waals surface area contributed by atoms with Crippen LogP contribution in [-0.4, -0.2) is 41.9 Å². The van der Waals surface area contributed by atoms with Crippen molar-refractivity contribution in [3.63, 3.8) is 0 Å². The Morgan fingerprint density at radius 2 is 2.15 bits per heavy atom. The molecule has 1 aromatic heterocycles. The molecule has 0 spiro atoms. The minimum atomic E-state index is -4.57. The molecule has 1 aromatic rings. The standard InChI is InChI=1S/C10H10F3N3O4/c1-19-9(17)6-2-5(8(14)16-18)3-7(15-6)20-4-10(11,12)13/h2-3,18H,4H2,1H3,(H2,14,16). The average molecular weight is 293 g/mol. The first-order chi connectivity index (χ1) is 9.26. The first-order valence-corrected chi connectivity index (χ1v) is 5.04. The molecule has 0 bridgehead atoms. The molecule has 0 aliphatic rings. The minimum absolute atomic E-state index is 0.0416. The number of pyridine rings is 1. The van der Waals surface area contributed by atoms with E-state index >= 15 is 0 Å². The van der Waals surface area contributed by atoms with Gasteiger partial charge in [0.2, 0.25) is 5.88 Å². The van der Waals surface area contributed by atoms with Crippen molar-refractivity contribution in [2.24, 2.45) is 10.9 Å². The fourth-order valence-corrected chi connectivity index (χ4v) is 1.15. The van der Waals surface area contributed by atoms with Crippen molar-refractivity contribution in [2.45, 2.75) is 6.18 Å². The fraction of sp³-hybridized carbons (Fsp3) is 0.300. The fourth-order valence-electron chi connectivity index (χ4n) is 1.15. The maximum Gasteiger partial charge on any atom is 0.422 e. The highest BCUT2D eigenvalue weighted by Crippen LogP contribution is 2.19. The average Bonchev–Trinajstić information content (AvgIpc) is 2.42. The number of esters is 1. The second-order valence-electron chi connectivity index (χ2n) is 3.46. The van der Waals surface area contributed by atoms with E-state index in [4.69, 9.17) is 10.9 Å². The van der Waals surface area contributed by atoms with Gasteiger partial charge < -0.3 is 20.4 Å². The van der Waals surface area contributed by atoms with Crippen LogP contribution in [0.25, 0.3) is 0 Å². The van der Waals surface area contributed by atoms with Gasteiger partial charge >= 0.3 is 12.1 Å². The number of ether oxygens (including phenoxy) is 2. The lowest BCUT2D eigenvalue weighted by Gasteiger charge is -2.10. The monoisotopic (exact) mass is 293 g/mol. The van der Waals surface area contributed by atoms with Gasteiger partial charge in [0.05, 0.1) is 7.11 Å². The Labute approximate surface area is 110 Å². The number of alkyl halides is 3. The highest BCUT2D eigenvalue weighted by molar-refractivity contribution is 5.99. The van der Waals surface area contributed by atoms with Crippen LogP contribution in [-0.2, 0) is 4.74 Å². The summed E-state index contributed by atoms with van der Waals surface area (Å²) >= 11 is 0. The van der Waals surface area contributed by atoms with Crippen LogP contribution in [0.15, 0.2) is 17.3 Å². The summed E-state index contributed by atoms with van der Waals surface area (Å²) in [5, 5.41) is 11.2. The molecule has 10 heteroatoms. The molecule has 0 aliphatic heterocycles. The van der Waals surface area contributed by atoms with Crippen LogP contribution >= 0.6 is 0 Å². The van der Waals surface area contributed by atoms with Crippen molar-refractivity contribution in [1.82, 2.24) is 4.98 Å². The summed E-state index contributed by atoms with van der Waals surface area (Å²) in [7, 11) is 1.07. The molecular weight excluding hydrogens is 283 g/mol. The van der Waals surface area contributed by atoms with Gasteiger partial charge in [0.1, 0.15) is 0 Å². The van der Waals surface area contributed by atoms with E-state index in [9.17, 15) is 18.0 Å². The van der Waals surface area contributed by atoms with E-state index in [2.05, 4.69) is 19.6 Å². The number of hydrogen-bond acceptors (Lipinski definition) is 6. The number of hydrogen-bond donors (Lipinski definition) is 2. The smallest absolute Gasteiger partial charge is 0.422 e. The van der Waals surface area contributed by atoms with E-state index in [0.717, 1.165) is 19.2 Å². The Morgan fingerprint density at radius 1 is 1.50 bits per heavy atom. The number of amidine groups is 1. The van der Waals surface area contributed by atoms with E-state index in [1.807, 2.05) is 0 Å². The summed E-state index contributed by atoms with van der Waals surface area (Å²) < 4.78 is 45.0. The van der Waals surface area contributed by atoms with E-state index in [1.165, 1.54) is 0 Å². The van der Waals surface area contributed by atoms with E-state index in [0.29, 0.717) is 0 Å². The molecule has 0 saturated heterocycles. The normalized spacial score (nSPS) is 12.1. The zero-order valence-corrected chi connectivity index (χ0v) is 10.1. The number of carbonyl (C=O) groups excluding carboxylic acids is 1. The van der Waals surface area contributed by atoms with Gasteiger partial charge in [-0.05, 0) is 6.07 Å². The molecule has 0 fully saturated rings. The predicted molar refractivity (Wildman–Crippen MR) is 59.6 cm³/mol. The lowest BCUT2D eigenvalue weighted by atomic mass is 10.2. The third-order valence-electron chi connectivity index (χ3n) is 1.98. The topological polar surface area (TPSA) is 107 Å². The SMILES string of the molecule is COC(=O)c1cc(/C(N)=N/O)cc(OCC(F)(F)F)n1. The van der Waals surface area contributed by atoms with Gasteiger partial charge in [0, 0.05) is 11.6 Å². The van der Waals surface area contributed by atoms with Gasteiger partial charge in [-0.2, -0.15) is 13.2 Å². The number of halogens is 3. The number of oxime groups is 1. The first kappa shape index (κ1) is 15.5. The number of rotatable bonds is 4. The Bertz CT molecular complexity index is 531. The van der Waals surface area contributed by atoms with Crippen molar-refractivity contribution in [3.05, 3.63) is 23.4 Å². The molecular formula is C10H10F3N3O4. The van der Waals surface area contributed by atoms with Gasteiger partial charge in [0.15, 0.2) is 18.1 Å². The van der Waals surface area contributed by atoms with Crippen LogP contribution in [0.1, 0.15) is 16.1 Å². The molecule has 1 rings (SSSR count). The second-order valence-corrected chi connectivity index (χ2v) is 3.46. The Kier molecular flexibility index (Phi) is 4.73. The van der Waals surface area contributed by atoms with E-state index in [-0.39, 0.29) is 11.3 Å². The quantitative estimate of drug-likeness (QED) is 0.281. The molecule has 0 aliphatic carbocycles. The van der Waals surface area contributed by atoms with Gasteiger partial charge in [-0.15, -0.1) is 0 Å². The predicted octanol–water partition coefficient (Wildman–Crippen LogP) is 0.904. The van der Waals surface area contributed by atoms with Crippen molar-refractivity contribution >= 4 is 11.8 Å². The highest BCUT2D eigenvalue weighted by atomic mass is 19.4. The third-order valence-corrected chi connectivity index (χ3v) is 1.98. The maximum atomic E-state index is 12.1. The molecule has 0 atom stereocenters. The number of nitrogens with zero attached hydrogens (tertiary/aromatic N) is 2. The van der Waals surface area contributed by atoms with Crippen LogP contribution in [0.3, 0.4) is 0 Å². The Morgan fingerprint density at radius 3 is 2.65 bits per heavy atom. The second kappa shape index (κ2) is 6.08. The molecule has 0 unspecified atom stereocenters. The summed E-state index contributed by atoms with van der Waals surface area (Å²) in [6.45, 7) is -1.60. The number of carbonyl (C=O) groups is 1. The van der Waals surface area contributed by atoms with Crippen molar-refractivity contribution in [1.29, 1.82) is 0 Å². The highest BCUT2D eigenvalue weighted by Gasteiger charge is 2.29. The van der Waals surface area contributed by atoms with Crippen LogP contribution in [0.2, 0.25) is 0 Å². The molecule has 110 valence electrons. The lowest BCUT2D eigenvalue weighted by molar-refractivity contribution is -0.154. The van der Waals surface area contributed by atoms with E-state index in [1.54, 1.807) is 0 Å². The largest absolute Gasteiger partial charge is 0.468 e. The van der Waals surface area contributed by atoms with Gasteiger partial charge in [0.25, 0.3) is 0 Å². The minimum Gasteiger partial charge on any atom is -0.468 e. The van der Waals surface area contributed by atoms with E-state index < -0.39 is 30.5 Å². The summed E-state index contributed by atoms with van der Waals surface area (Å²) in [6, 6.07) is 2.08. The van der Waals surface area contributed by atoms with Crippen LogP contribution in [0.5, 0.6) is 5.88 Å². The molecule has 0 saturated carbocycles. The van der Waals surface area contributed by atoms with Crippen molar-refractivity contribution in [3.8, 4) is 5.88 Å². The molecule has 20 heavy (non-hydrogen) atoms. The Hall–Kier alpha value is -2.52. The Balaban J connectivity index is 3.13. The van der Waals surface area contributed by atoms with Crippen LogP contribution < -0.4 is 10.5 Å². The zero-order valence-electron chi connectivity index (χ0n) is 10.1. The first-order valence-electron chi connectivity index (χ1n) is 5.04. The lowest BCUT2D eigenvalue weighted by Crippen LogP contribution is -2.21. The van der Waals surface area contributed by atoms with Gasteiger partial charge in [-0.25, -0.2) is 9.78 Å². The third kappa shape index (κ3) is 4.30. The number of nitrogens with two attached hydrogens (primary N) is 1. The summed E-state index contributed by atoms with van der Waals surface area (Å²) in [5.41, 5.74) is 4.92. The summed E-state index contributed by atoms with van der Waals surface area (Å²) in [5.74, 6) is -1.84. The van der Waals surface area contributed by atoms with Crippen LogP contribution in [0.4, 0.5) is 13.2 Å².